The van der Waals surface area contributed by atoms with E-state index in [2.05, 4.69) is 18.8 Å². The maximum absolute atomic E-state index is 12.8. The fourth-order valence-corrected chi connectivity index (χ4v) is 1.85. The maximum atomic E-state index is 12.8. The predicted octanol–water partition coefficient (Wildman–Crippen LogP) is 4.09. The fraction of sp³-hybridized carbons (Fsp3) is 0.263. The fourth-order valence-electron chi connectivity index (χ4n) is 1.85. The molecule has 0 aliphatic rings. The number of ether oxygens (including phenoxy) is 1. The van der Waals surface area contributed by atoms with Gasteiger partial charge in [-0.1, -0.05) is 37.3 Å². The lowest BCUT2D eigenvalue weighted by Crippen LogP contribution is -1.96. The smallest absolute Gasteiger partial charge is 0.140 e. The highest BCUT2D eigenvalue weighted by Crippen LogP contribution is 2.14. The van der Waals surface area contributed by atoms with Crippen molar-refractivity contribution in [2.75, 3.05) is 6.61 Å². The molecule has 1 N–H and O–H groups in total. The molecule has 0 radical (unpaired) electrons. The molecule has 114 valence electrons. The quantitative estimate of drug-likeness (QED) is 0.665. The molecule has 2 aromatic rings. The number of hydrogen-bond donors (Lipinski definition) is 1. The molecule has 22 heavy (non-hydrogen) atoms. The van der Waals surface area contributed by atoms with Crippen LogP contribution in [0.3, 0.4) is 0 Å². The Morgan fingerprint density at radius 2 is 1.77 bits per heavy atom. The first kappa shape index (κ1) is 16.1. The summed E-state index contributed by atoms with van der Waals surface area (Å²) in [5.41, 5.74) is 1.37. The van der Waals surface area contributed by atoms with Gasteiger partial charge in [0.05, 0.1) is 6.61 Å². The summed E-state index contributed by atoms with van der Waals surface area (Å²) in [6.07, 6.45) is 1.21. The summed E-state index contributed by atoms with van der Waals surface area (Å²) in [7, 11) is 0. The van der Waals surface area contributed by atoms with Crippen molar-refractivity contribution < 1.29 is 14.2 Å². The van der Waals surface area contributed by atoms with Gasteiger partial charge in [-0.2, -0.15) is 0 Å². The molecule has 1 unspecified atom stereocenters. The lowest BCUT2D eigenvalue weighted by atomic mass is 10.1. The van der Waals surface area contributed by atoms with Gasteiger partial charge in [0.2, 0.25) is 0 Å². The Balaban J connectivity index is 1.97. The number of halogens is 1. The van der Waals surface area contributed by atoms with Gasteiger partial charge in [-0.05, 0) is 48.4 Å². The molecule has 0 heterocycles. The number of unbranched alkanes of at least 4 members (excludes halogenated alkanes) is 1. The molecule has 0 aliphatic carbocycles. The Labute approximate surface area is 130 Å². The molecule has 0 bridgehead atoms. The Hall–Kier alpha value is -2.31. The third-order valence-electron chi connectivity index (χ3n) is 3.16. The second-order valence-corrected chi connectivity index (χ2v) is 4.95. The molecule has 0 fully saturated rings. The molecule has 2 aromatic carbocycles. The largest absolute Gasteiger partial charge is 0.494 e. The molecule has 0 saturated carbocycles. The highest BCUT2D eigenvalue weighted by atomic mass is 19.1. The van der Waals surface area contributed by atoms with Crippen LogP contribution in [0.25, 0.3) is 0 Å². The first-order valence-corrected chi connectivity index (χ1v) is 7.37. The normalized spacial score (nSPS) is 11.4. The summed E-state index contributed by atoms with van der Waals surface area (Å²) >= 11 is 0. The summed E-state index contributed by atoms with van der Waals surface area (Å²) in [4.78, 5) is 0. The van der Waals surface area contributed by atoms with Crippen LogP contribution >= 0.6 is 0 Å². The average molecular weight is 298 g/mol. The maximum Gasteiger partial charge on any atom is 0.140 e. The van der Waals surface area contributed by atoms with Gasteiger partial charge in [0, 0.05) is 5.56 Å². The minimum atomic E-state index is -0.930. The lowest BCUT2D eigenvalue weighted by molar-refractivity contribution is 0.238. The molecule has 0 amide bonds. The van der Waals surface area contributed by atoms with Crippen molar-refractivity contribution in [1.82, 2.24) is 0 Å². The van der Waals surface area contributed by atoms with E-state index in [9.17, 15) is 9.50 Å². The number of aliphatic hydroxyl groups excluding tert-OH is 1. The zero-order chi connectivity index (χ0) is 15.8. The molecule has 1 atom stereocenters. The molecule has 0 aliphatic heterocycles. The van der Waals surface area contributed by atoms with Gasteiger partial charge in [-0.25, -0.2) is 4.39 Å². The third-order valence-corrected chi connectivity index (χ3v) is 3.16. The van der Waals surface area contributed by atoms with E-state index in [-0.39, 0.29) is 5.82 Å². The van der Waals surface area contributed by atoms with Crippen LogP contribution in [0.1, 0.15) is 37.0 Å². The number of benzene rings is 2. The predicted molar refractivity (Wildman–Crippen MR) is 85.1 cm³/mol. The van der Waals surface area contributed by atoms with Gasteiger partial charge in [-0.3, -0.25) is 0 Å². The first-order valence-electron chi connectivity index (χ1n) is 7.37. The van der Waals surface area contributed by atoms with Crippen LogP contribution in [-0.2, 0) is 0 Å². The highest BCUT2D eigenvalue weighted by Gasteiger charge is 2.03. The molecule has 0 aromatic heterocycles. The van der Waals surface area contributed by atoms with Crippen molar-refractivity contribution in [1.29, 1.82) is 0 Å². The number of rotatable bonds is 5. The van der Waals surface area contributed by atoms with Gasteiger partial charge in [0.15, 0.2) is 0 Å². The molecule has 2 nitrogen and oxygen atoms in total. The van der Waals surface area contributed by atoms with Gasteiger partial charge in [-0.15, -0.1) is 0 Å². The van der Waals surface area contributed by atoms with E-state index in [1.54, 1.807) is 0 Å². The van der Waals surface area contributed by atoms with E-state index in [4.69, 9.17) is 4.74 Å². The van der Waals surface area contributed by atoms with Gasteiger partial charge < -0.3 is 9.84 Å². The van der Waals surface area contributed by atoms with Gasteiger partial charge >= 0.3 is 0 Å². The van der Waals surface area contributed by atoms with E-state index in [0.717, 1.165) is 24.2 Å². The first-order chi connectivity index (χ1) is 10.7. The Morgan fingerprint density at radius 1 is 1.09 bits per heavy atom. The zero-order valence-electron chi connectivity index (χ0n) is 12.6. The van der Waals surface area contributed by atoms with Crippen LogP contribution in [0, 0.1) is 17.7 Å². The van der Waals surface area contributed by atoms with Crippen LogP contribution in [0.5, 0.6) is 5.75 Å². The lowest BCUT2D eigenvalue weighted by Gasteiger charge is -2.05. The van der Waals surface area contributed by atoms with Crippen molar-refractivity contribution in [3.63, 3.8) is 0 Å². The summed E-state index contributed by atoms with van der Waals surface area (Å²) in [5.74, 6) is 6.14. The number of aliphatic hydroxyl groups is 1. The SMILES string of the molecule is CCCCOc1ccc(C#CC(O)c2ccc(F)cc2)cc1. The molecule has 0 spiro atoms. The minimum absolute atomic E-state index is 0.331. The number of hydrogen-bond acceptors (Lipinski definition) is 2. The van der Waals surface area contributed by atoms with E-state index in [1.807, 2.05) is 24.3 Å². The minimum Gasteiger partial charge on any atom is -0.494 e. The second kappa shape index (κ2) is 8.21. The summed E-state index contributed by atoms with van der Waals surface area (Å²) in [6.45, 7) is 2.83. The summed E-state index contributed by atoms with van der Waals surface area (Å²) in [5, 5.41) is 9.95. The molecule has 2 rings (SSSR count). The van der Waals surface area contributed by atoms with Crippen molar-refractivity contribution in [3.8, 4) is 17.6 Å². The molecule has 3 heteroatoms. The van der Waals surface area contributed by atoms with Crippen molar-refractivity contribution in [2.45, 2.75) is 25.9 Å². The van der Waals surface area contributed by atoms with E-state index < -0.39 is 6.10 Å². The van der Waals surface area contributed by atoms with Crippen molar-refractivity contribution in [3.05, 3.63) is 65.5 Å². The Kier molecular flexibility index (Phi) is 6.00. The van der Waals surface area contributed by atoms with E-state index >= 15 is 0 Å². The Morgan fingerprint density at radius 3 is 2.41 bits per heavy atom. The standard InChI is InChI=1S/C19H19FO2/c1-2-3-14-22-18-11-4-15(5-12-18)6-13-19(21)16-7-9-17(20)10-8-16/h4-5,7-12,19,21H,2-3,14H2,1H3. The van der Waals surface area contributed by atoms with Crippen molar-refractivity contribution >= 4 is 0 Å². The highest BCUT2D eigenvalue weighted by molar-refractivity contribution is 5.40. The average Bonchev–Trinajstić information content (AvgIpc) is 2.55. The summed E-state index contributed by atoms with van der Waals surface area (Å²) in [6, 6.07) is 13.1. The van der Waals surface area contributed by atoms with Gasteiger partial charge in [0.25, 0.3) is 0 Å². The Bertz CT molecular complexity index is 636. The topological polar surface area (TPSA) is 29.5 Å². The van der Waals surface area contributed by atoms with E-state index in [1.165, 1.54) is 24.3 Å². The van der Waals surface area contributed by atoms with Crippen LogP contribution < -0.4 is 4.74 Å². The van der Waals surface area contributed by atoms with Crippen LogP contribution in [-0.4, -0.2) is 11.7 Å². The summed E-state index contributed by atoms with van der Waals surface area (Å²) < 4.78 is 18.4. The third kappa shape index (κ3) is 4.91. The van der Waals surface area contributed by atoms with Crippen LogP contribution in [0.15, 0.2) is 48.5 Å². The van der Waals surface area contributed by atoms with Crippen molar-refractivity contribution in [2.24, 2.45) is 0 Å². The molecular formula is C19H19FO2. The van der Waals surface area contributed by atoms with Crippen LogP contribution in [0.4, 0.5) is 4.39 Å². The van der Waals surface area contributed by atoms with Crippen LogP contribution in [0.2, 0.25) is 0 Å². The van der Waals surface area contributed by atoms with Gasteiger partial charge in [0.1, 0.15) is 17.7 Å². The molecule has 0 saturated heterocycles. The second-order valence-electron chi connectivity index (χ2n) is 4.95. The zero-order valence-corrected chi connectivity index (χ0v) is 12.6. The molecular weight excluding hydrogens is 279 g/mol. The monoisotopic (exact) mass is 298 g/mol. The van der Waals surface area contributed by atoms with E-state index in [0.29, 0.717) is 12.2 Å².